The normalized spacial score (nSPS) is 14.4. The molecule has 4 N–H and O–H groups in total. The molecule has 0 aliphatic heterocycles. The molecule has 0 heterocycles. The number of halogens is 2. The second kappa shape index (κ2) is 9.50. The van der Waals surface area contributed by atoms with Gasteiger partial charge >= 0.3 is 0 Å². The molecule has 0 aromatic carbocycles. The molecule has 0 bridgehead atoms. The van der Waals surface area contributed by atoms with E-state index in [4.69, 9.17) is 11.5 Å². The molecule has 0 radical (unpaired) electrons. The Bertz CT molecular complexity index is 53.7. The minimum Gasteiger partial charge on any atom is -0.326 e. The van der Waals surface area contributed by atoms with Crippen molar-refractivity contribution in [2.75, 3.05) is 0 Å². The first-order valence-electron chi connectivity index (χ1n) is 3.23. The summed E-state index contributed by atoms with van der Waals surface area (Å²) in [5.74, 6) is 0. The molecule has 4 heteroatoms. The van der Waals surface area contributed by atoms with Crippen LogP contribution in [-0.2, 0) is 0 Å². The molecule has 0 fully saturated rings. The monoisotopic (exact) mass is 188 g/mol. The molecule has 0 unspecified atom stereocenters. The molecular formula is C6H18Cl2N2. The summed E-state index contributed by atoms with van der Waals surface area (Å²) in [7, 11) is 0. The van der Waals surface area contributed by atoms with E-state index in [1.807, 2.05) is 0 Å². The molecule has 66 valence electrons. The highest BCUT2D eigenvalue weighted by Crippen LogP contribution is 1.94. The second-order valence-electron chi connectivity index (χ2n) is 2.14. The van der Waals surface area contributed by atoms with Gasteiger partial charge in [0.15, 0.2) is 0 Å². The van der Waals surface area contributed by atoms with E-state index in [1.165, 1.54) is 0 Å². The number of rotatable bonds is 3. The third kappa shape index (κ3) is 6.62. The Hall–Kier alpha value is 0.500. The van der Waals surface area contributed by atoms with Crippen LogP contribution in [-0.4, -0.2) is 12.1 Å². The molecule has 0 saturated heterocycles. The second-order valence-corrected chi connectivity index (χ2v) is 2.14. The van der Waals surface area contributed by atoms with Crippen LogP contribution >= 0.6 is 24.8 Å². The van der Waals surface area contributed by atoms with Crippen LogP contribution in [0.5, 0.6) is 0 Å². The Morgan fingerprint density at radius 2 is 1.10 bits per heavy atom. The van der Waals surface area contributed by atoms with Gasteiger partial charge in [-0.05, 0) is 12.8 Å². The van der Waals surface area contributed by atoms with E-state index >= 15 is 0 Å². The van der Waals surface area contributed by atoms with Crippen molar-refractivity contribution >= 4 is 24.8 Å². The van der Waals surface area contributed by atoms with E-state index in [9.17, 15) is 0 Å². The summed E-state index contributed by atoms with van der Waals surface area (Å²) in [6.07, 6.45) is 1.96. The van der Waals surface area contributed by atoms with E-state index in [-0.39, 0.29) is 36.9 Å². The predicted molar refractivity (Wildman–Crippen MR) is 51.0 cm³/mol. The van der Waals surface area contributed by atoms with Gasteiger partial charge in [-0.15, -0.1) is 24.8 Å². The summed E-state index contributed by atoms with van der Waals surface area (Å²) in [5.41, 5.74) is 11.2. The fourth-order valence-electron chi connectivity index (χ4n) is 0.605. The van der Waals surface area contributed by atoms with Crippen molar-refractivity contribution < 1.29 is 0 Å². The van der Waals surface area contributed by atoms with E-state index in [1.54, 1.807) is 0 Å². The largest absolute Gasteiger partial charge is 0.326 e. The summed E-state index contributed by atoms with van der Waals surface area (Å²) in [6, 6.07) is 0.389. The minimum atomic E-state index is 0. The lowest BCUT2D eigenvalue weighted by molar-refractivity contribution is 0.500. The molecule has 2 atom stereocenters. The van der Waals surface area contributed by atoms with Gasteiger partial charge in [-0.2, -0.15) is 0 Å². The fourth-order valence-corrected chi connectivity index (χ4v) is 0.605. The van der Waals surface area contributed by atoms with Crippen LogP contribution in [0.25, 0.3) is 0 Å². The minimum absolute atomic E-state index is 0. The van der Waals surface area contributed by atoms with Crippen molar-refractivity contribution in [3.63, 3.8) is 0 Å². The zero-order valence-electron chi connectivity index (χ0n) is 6.54. The number of nitrogens with two attached hydrogens (primary N) is 2. The quantitative estimate of drug-likeness (QED) is 0.703. The highest BCUT2D eigenvalue weighted by atomic mass is 35.5. The van der Waals surface area contributed by atoms with E-state index in [0.29, 0.717) is 0 Å². The maximum Gasteiger partial charge on any atom is 0.0189 e. The van der Waals surface area contributed by atoms with E-state index < -0.39 is 0 Å². The lowest BCUT2D eigenvalue weighted by Crippen LogP contribution is -2.40. The van der Waals surface area contributed by atoms with Gasteiger partial charge in [-0.3, -0.25) is 0 Å². The maximum atomic E-state index is 5.60. The topological polar surface area (TPSA) is 52.0 Å². The van der Waals surface area contributed by atoms with Crippen molar-refractivity contribution in [3.05, 3.63) is 0 Å². The van der Waals surface area contributed by atoms with Gasteiger partial charge in [0.05, 0.1) is 0 Å². The molecule has 0 aromatic heterocycles. The molecule has 0 aliphatic rings. The standard InChI is InChI=1S/C6H16N2.2ClH/c1-3-5(7)6(8)4-2;;/h5-6H,3-4,7-8H2,1-2H3;2*1H/t5-,6-;;/m0../s1. The molecule has 2 nitrogen and oxygen atoms in total. The Kier molecular flexibility index (Phi) is 16.0. The summed E-state index contributed by atoms with van der Waals surface area (Å²) in [4.78, 5) is 0. The molecule has 0 amide bonds. The first-order chi connectivity index (χ1) is 3.72. The highest BCUT2D eigenvalue weighted by molar-refractivity contribution is 5.85. The predicted octanol–water partition coefficient (Wildman–Crippen LogP) is 1.30. The van der Waals surface area contributed by atoms with Gasteiger partial charge in [0.1, 0.15) is 0 Å². The van der Waals surface area contributed by atoms with Crippen molar-refractivity contribution in [2.45, 2.75) is 38.8 Å². The molecule has 0 rings (SSSR count). The van der Waals surface area contributed by atoms with Gasteiger partial charge in [0, 0.05) is 12.1 Å². The van der Waals surface area contributed by atoms with Gasteiger partial charge in [0.2, 0.25) is 0 Å². The Morgan fingerprint density at radius 1 is 0.900 bits per heavy atom. The fraction of sp³-hybridized carbons (Fsp3) is 1.00. The smallest absolute Gasteiger partial charge is 0.0189 e. The molecule has 10 heavy (non-hydrogen) atoms. The Balaban J connectivity index is -0.000000245. The first-order valence-corrected chi connectivity index (χ1v) is 3.23. The van der Waals surface area contributed by atoms with Gasteiger partial charge < -0.3 is 11.5 Å². The van der Waals surface area contributed by atoms with Crippen LogP contribution in [0, 0.1) is 0 Å². The number of hydrogen-bond donors (Lipinski definition) is 2. The average Bonchev–Trinajstić information content (AvgIpc) is 1.84. The lowest BCUT2D eigenvalue weighted by atomic mass is 10.1. The zero-order chi connectivity index (χ0) is 6.57. The number of hydrogen-bond acceptors (Lipinski definition) is 2. The molecule has 0 spiro atoms. The summed E-state index contributed by atoms with van der Waals surface area (Å²) < 4.78 is 0. The molecule has 0 aromatic rings. The summed E-state index contributed by atoms with van der Waals surface area (Å²) in [5, 5.41) is 0. The molecule has 0 aliphatic carbocycles. The van der Waals surface area contributed by atoms with Crippen LogP contribution in [0.2, 0.25) is 0 Å². The summed E-state index contributed by atoms with van der Waals surface area (Å²) >= 11 is 0. The SMILES string of the molecule is CC[C@H](N)[C@@H](N)CC.Cl.Cl. The maximum absolute atomic E-state index is 5.60. The third-order valence-electron chi connectivity index (χ3n) is 1.49. The third-order valence-corrected chi connectivity index (χ3v) is 1.49. The van der Waals surface area contributed by atoms with Crippen molar-refractivity contribution in [2.24, 2.45) is 11.5 Å². The van der Waals surface area contributed by atoms with Gasteiger partial charge in [-0.1, -0.05) is 13.8 Å². The average molecular weight is 189 g/mol. The van der Waals surface area contributed by atoms with Gasteiger partial charge in [0.25, 0.3) is 0 Å². The highest BCUT2D eigenvalue weighted by Gasteiger charge is 2.06. The van der Waals surface area contributed by atoms with Crippen molar-refractivity contribution in [3.8, 4) is 0 Å². The first kappa shape index (κ1) is 16.8. The zero-order valence-corrected chi connectivity index (χ0v) is 8.17. The van der Waals surface area contributed by atoms with Crippen LogP contribution in [0.4, 0.5) is 0 Å². The van der Waals surface area contributed by atoms with Crippen molar-refractivity contribution in [1.82, 2.24) is 0 Å². The lowest BCUT2D eigenvalue weighted by Gasteiger charge is -2.14. The summed E-state index contributed by atoms with van der Waals surface area (Å²) in [6.45, 7) is 4.11. The Labute approximate surface area is 75.5 Å². The molecular weight excluding hydrogens is 171 g/mol. The van der Waals surface area contributed by atoms with E-state index in [0.717, 1.165) is 12.8 Å². The van der Waals surface area contributed by atoms with Crippen LogP contribution in [0.1, 0.15) is 26.7 Å². The molecule has 0 saturated carbocycles. The van der Waals surface area contributed by atoms with Crippen LogP contribution in [0.15, 0.2) is 0 Å². The van der Waals surface area contributed by atoms with Gasteiger partial charge in [-0.25, -0.2) is 0 Å². The van der Waals surface area contributed by atoms with E-state index in [2.05, 4.69) is 13.8 Å². The van der Waals surface area contributed by atoms with Crippen LogP contribution in [0.3, 0.4) is 0 Å². The van der Waals surface area contributed by atoms with Crippen LogP contribution < -0.4 is 11.5 Å². The van der Waals surface area contributed by atoms with Crippen molar-refractivity contribution in [1.29, 1.82) is 0 Å². The Morgan fingerprint density at radius 3 is 1.20 bits per heavy atom.